The van der Waals surface area contributed by atoms with Crippen LogP contribution in [-0.2, 0) is 17.9 Å². The quantitative estimate of drug-likeness (QED) is 0.857. The molecule has 0 amide bonds. The van der Waals surface area contributed by atoms with E-state index in [0.717, 1.165) is 22.6 Å². The summed E-state index contributed by atoms with van der Waals surface area (Å²) in [5.41, 5.74) is 9.24. The average Bonchev–Trinajstić information content (AvgIpc) is 3.28. The minimum absolute atomic E-state index is 0.479. The molecule has 21 heavy (non-hydrogen) atoms. The zero-order chi connectivity index (χ0) is 14.8. The van der Waals surface area contributed by atoms with Crippen LogP contribution in [0.1, 0.15) is 30.1 Å². The van der Waals surface area contributed by atoms with Crippen molar-refractivity contribution in [2.45, 2.75) is 31.9 Å². The standard InChI is InChI=1S/C17H19N3O/c1-3-10-20-16(18)15(19-17(20)14-8-9-14)13-6-4-12(5-7-13)11-21-2/h1,4-7,14H,8-11,18H2,2H3. The maximum Gasteiger partial charge on any atom is 0.132 e. The van der Waals surface area contributed by atoms with E-state index in [1.54, 1.807) is 7.11 Å². The molecule has 1 aromatic carbocycles. The van der Waals surface area contributed by atoms with Crippen LogP contribution in [0.4, 0.5) is 5.82 Å². The third-order valence-electron chi connectivity index (χ3n) is 3.77. The number of nitrogens with zero attached hydrogens (tertiary/aromatic N) is 2. The van der Waals surface area contributed by atoms with Crippen LogP contribution in [0.5, 0.6) is 0 Å². The van der Waals surface area contributed by atoms with Crippen LogP contribution in [-0.4, -0.2) is 16.7 Å². The predicted molar refractivity (Wildman–Crippen MR) is 83.6 cm³/mol. The molecule has 0 saturated heterocycles. The van der Waals surface area contributed by atoms with E-state index in [2.05, 4.69) is 5.92 Å². The van der Waals surface area contributed by atoms with Gasteiger partial charge < -0.3 is 15.0 Å². The van der Waals surface area contributed by atoms with Crippen molar-refractivity contribution in [1.29, 1.82) is 0 Å². The predicted octanol–water partition coefficient (Wildman–Crippen LogP) is 2.79. The molecular weight excluding hydrogens is 262 g/mol. The number of nitrogens with two attached hydrogens (primary N) is 1. The fourth-order valence-corrected chi connectivity index (χ4v) is 2.53. The van der Waals surface area contributed by atoms with Gasteiger partial charge in [0.1, 0.15) is 17.3 Å². The monoisotopic (exact) mass is 281 g/mol. The number of anilines is 1. The smallest absolute Gasteiger partial charge is 0.132 e. The van der Waals surface area contributed by atoms with Crippen molar-refractivity contribution < 1.29 is 4.74 Å². The molecule has 108 valence electrons. The van der Waals surface area contributed by atoms with Gasteiger partial charge in [-0.25, -0.2) is 4.98 Å². The summed E-state index contributed by atoms with van der Waals surface area (Å²) >= 11 is 0. The number of imidazole rings is 1. The SMILES string of the molecule is C#CCn1c(C2CC2)nc(-c2ccc(COC)cc2)c1N. The maximum atomic E-state index is 6.26. The second-order valence-electron chi connectivity index (χ2n) is 5.40. The van der Waals surface area contributed by atoms with E-state index >= 15 is 0 Å². The summed E-state index contributed by atoms with van der Waals surface area (Å²) in [5.74, 6) is 4.87. The highest BCUT2D eigenvalue weighted by Crippen LogP contribution is 2.42. The van der Waals surface area contributed by atoms with Crippen LogP contribution in [0.25, 0.3) is 11.3 Å². The zero-order valence-corrected chi connectivity index (χ0v) is 12.2. The van der Waals surface area contributed by atoms with E-state index in [1.807, 2.05) is 28.8 Å². The molecule has 1 aliphatic carbocycles. The molecule has 1 saturated carbocycles. The highest BCUT2D eigenvalue weighted by Gasteiger charge is 2.30. The van der Waals surface area contributed by atoms with Crippen LogP contribution in [0.3, 0.4) is 0 Å². The van der Waals surface area contributed by atoms with E-state index in [-0.39, 0.29) is 0 Å². The third-order valence-corrected chi connectivity index (χ3v) is 3.77. The molecule has 4 heteroatoms. The fourth-order valence-electron chi connectivity index (χ4n) is 2.53. The van der Waals surface area contributed by atoms with Crippen LogP contribution in [0.2, 0.25) is 0 Å². The van der Waals surface area contributed by atoms with E-state index < -0.39 is 0 Å². The number of ether oxygens (including phenoxy) is 1. The van der Waals surface area contributed by atoms with Crippen molar-refractivity contribution in [3.8, 4) is 23.6 Å². The summed E-state index contributed by atoms with van der Waals surface area (Å²) in [6.45, 7) is 1.08. The number of methoxy groups -OCH3 is 1. The molecule has 0 unspecified atom stereocenters. The van der Waals surface area contributed by atoms with Gasteiger partial charge in [0.05, 0.1) is 13.2 Å². The molecule has 4 nitrogen and oxygen atoms in total. The Kier molecular flexibility index (Phi) is 3.68. The summed E-state index contributed by atoms with van der Waals surface area (Å²) in [6.07, 6.45) is 7.80. The molecule has 0 bridgehead atoms. The topological polar surface area (TPSA) is 53.1 Å². The first-order valence-electron chi connectivity index (χ1n) is 7.12. The summed E-state index contributed by atoms with van der Waals surface area (Å²) in [6, 6.07) is 8.14. The van der Waals surface area contributed by atoms with Gasteiger partial charge in [-0.2, -0.15) is 0 Å². The molecule has 1 heterocycles. The Bertz CT molecular complexity index is 675. The van der Waals surface area contributed by atoms with Crippen molar-refractivity contribution in [1.82, 2.24) is 9.55 Å². The lowest BCUT2D eigenvalue weighted by molar-refractivity contribution is 0.185. The summed E-state index contributed by atoms with van der Waals surface area (Å²) in [7, 11) is 1.69. The van der Waals surface area contributed by atoms with Crippen molar-refractivity contribution in [3.63, 3.8) is 0 Å². The summed E-state index contributed by atoms with van der Waals surface area (Å²) in [5, 5.41) is 0. The van der Waals surface area contributed by atoms with Gasteiger partial charge in [-0.05, 0) is 18.4 Å². The number of aromatic nitrogens is 2. The highest BCUT2D eigenvalue weighted by molar-refractivity contribution is 5.71. The molecule has 2 aromatic rings. The summed E-state index contributed by atoms with van der Waals surface area (Å²) in [4.78, 5) is 4.75. The van der Waals surface area contributed by atoms with Gasteiger partial charge >= 0.3 is 0 Å². The van der Waals surface area contributed by atoms with Gasteiger partial charge in [0, 0.05) is 18.6 Å². The van der Waals surface area contributed by atoms with Gasteiger partial charge in [0.15, 0.2) is 0 Å². The van der Waals surface area contributed by atoms with Gasteiger partial charge in [0.25, 0.3) is 0 Å². The van der Waals surface area contributed by atoms with E-state index in [9.17, 15) is 0 Å². The molecular formula is C17H19N3O. The first-order chi connectivity index (χ1) is 10.2. The second kappa shape index (κ2) is 5.63. The lowest BCUT2D eigenvalue weighted by atomic mass is 10.1. The van der Waals surface area contributed by atoms with Crippen LogP contribution in [0, 0.1) is 12.3 Å². The number of hydrogen-bond acceptors (Lipinski definition) is 3. The molecule has 2 N–H and O–H groups in total. The Labute approximate surface area is 124 Å². The average molecular weight is 281 g/mol. The van der Waals surface area contributed by atoms with Crippen LogP contribution >= 0.6 is 0 Å². The van der Waals surface area contributed by atoms with Crippen LogP contribution in [0.15, 0.2) is 24.3 Å². The van der Waals surface area contributed by atoms with E-state index in [0.29, 0.717) is 24.9 Å². The number of nitrogen functional groups attached to an aromatic ring is 1. The molecule has 0 spiro atoms. The molecule has 0 radical (unpaired) electrons. The largest absolute Gasteiger partial charge is 0.383 e. The van der Waals surface area contributed by atoms with Gasteiger partial charge in [0.2, 0.25) is 0 Å². The van der Waals surface area contributed by atoms with Crippen molar-refractivity contribution in [2.75, 3.05) is 12.8 Å². The van der Waals surface area contributed by atoms with Crippen molar-refractivity contribution in [2.24, 2.45) is 0 Å². The van der Waals surface area contributed by atoms with Gasteiger partial charge in [-0.15, -0.1) is 6.42 Å². The van der Waals surface area contributed by atoms with Crippen molar-refractivity contribution in [3.05, 3.63) is 35.7 Å². The first kappa shape index (κ1) is 13.7. The highest BCUT2D eigenvalue weighted by atomic mass is 16.5. The Morgan fingerprint density at radius 2 is 2.10 bits per heavy atom. The summed E-state index contributed by atoms with van der Waals surface area (Å²) < 4.78 is 7.09. The van der Waals surface area contributed by atoms with Gasteiger partial charge in [-0.3, -0.25) is 0 Å². The number of rotatable bonds is 5. The molecule has 1 fully saturated rings. The molecule has 1 aliphatic rings. The molecule has 0 atom stereocenters. The third kappa shape index (κ3) is 2.65. The number of benzene rings is 1. The normalized spacial score (nSPS) is 14.1. The first-order valence-corrected chi connectivity index (χ1v) is 7.12. The number of terminal acetylenes is 1. The minimum Gasteiger partial charge on any atom is -0.383 e. The Balaban J connectivity index is 1.98. The molecule has 0 aliphatic heterocycles. The Morgan fingerprint density at radius 3 is 2.67 bits per heavy atom. The Morgan fingerprint density at radius 1 is 1.38 bits per heavy atom. The Hall–Kier alpha value is -2.25. The molecule has 3 rings (SSSR count). The maximum absolute atomic E-state index is 6.26. The minimum atomic E-state index is 0.479. The van der Waals surface area contributed by atoms with Crippen LogP contribution < -0.4 is 5.73 Å². The number of hydrogen-bond donors (Lipinski definition) is 1. The fraction of sp³-hybridized carbons (Fsp3) is 0.353. The van der Waals surface area contributed by atoms with E-state index in [4.69, 9.17) is 21.9 Å². The van der Waals surface area contributed by atoms with Crippen molar-refractivity contribution >= 4 is 5.82 Å². The molecule has 1 aromatic heterocycles. The zero-order valence-electron chi connectivity index (χ0n) is 12.2. The van der Waals surface area contributed by atoms with E-state index in [1.165, 1.54) is 12.8 Å². The van der Waals surface area contributed by atoms with Gasteiger partial charge in [-0.1, -0.05) is 30.2 Å². The lowest BCUT2D eigenvalue weighted by Crippen LogP contribution is -2.05. The lowest BCUT2D eigenvalue weighted by Gasteiger charge is -2.05. The second-order valence-corrected chi connectivity index (χ2v) is 5.40.